The molecule has 0 radical (unpaired) electrons. The predicted octanol–water partition coefficient (Wildman–Crippen LogP) is 13.3. The molecule has 0 aliphatic heterocycles. The Labute approximate surface area is 314 Å². The molecule has 55 heavy (non-hydrogen) atoms. The standard InChI is InChI=1S/C49H28FN3O2/c50-34-23-24-37-44(27-34)54-43-17-9-16-38(45(37)43)49-52-47(31-12-5-2-6-13-31)51-48(53-49)32-20-18-29(19-21-32)33-22-25-42-40(26-33)41-28-39(30-10-3-1-4-11-30)35-14-7-8-15-36(35)46(41)55-42/h1-28H. The highest BCUT2D eigenvalue weighted by Crippen LogP contribution is 2.41. The van der Waals surface area contributed by atoms with Crippen molar-refractivity contribution >= 4 is 54.6 Å². The lowest BCUT2D eigenvalue weighted by atomic mass is 9.95. The smallest absolute Gasteiger partial charge is 0.164 e. The van der Waals surface area contributed by atoms with Gasteiger partial charge in [-0.25, -0.2) is 19.3 Å². The van der Waals surface area contributed by atoms with E-state index in [0.717, 1.165) is 71.3 Å². The summed E-state index contributed by atoms with van der Waals surface area (Å²) in [6.45, 7) is 0. The summed E-state index contributed by atoms with van der Waals surface area (Å²) >= 11 is 0. The van der Waals surface area contributed by atoms with Gasteiger partial charge in [-0.1, -0.05) is 127 Å². The summed E-state index contributed by atoms with van der Waals surface area (Å²) < 4.78 is 26.7. The van der Waals surface area contributed by atoms with E-state index in [1.165, 1.54) is 23.3 Å². The molecule has 0 saturated carbocycles. The number of furan rings is 2. The Morgan fingerprint density at radius 3 is 1.78 bits per heavy atom. The molecular weight excluding hydrogens is 682 g/mol. The van der Waals surface area contributed by atoms with Gasteiger partial charge in [-0.2, -0.15) is 0 Å². The van der Waals surface area contributed by atoms with E-state index in [4.69, 9.17) is 23.8 Å². The zero-order valence-electron chi connectivity index (χ0n) is 29.2. The predicted molar refractivity (Wildman–Crippen MR) is 219 cm³/mol. The van der Waals surface area contributed by atoms with E-state index in [9.17, 15) is 4.39 Å². The minimum absolute atomic E-state index is 0.353. The van der Waals surface area contributed by atoms with Gasteiger partial charge in [-0.15, -0.1) is 0 Å². The minimum atomic E-state index is -0.353. The van der Waals surface area contributed by atoms with E-state index in [1.807, 2.05) is 54.6 Å². The normalized spacial score (nSPS) is 11.7. The molecule has 0 N–H and O–H groups in total. The van der Waals surface area contributed by atoms with Gasteiger partial charge in [-0.05, 0) is 64.0 Å². The largest absolute Gasteiger partial charge is 0.456 e. The molecule has 258 valence electrons. The van der Waals surface area contributed by atoms with Crippen LogP contribution in [-0.2, 0) is 0 Å². The summed E-state index contributed by atoms with van der Waals surface area (Å²) in [4.78, 5) is 15.0. The van der Waals surface area contributed by atoms with Gasteiger partial charge < -0.3 is 8.83 Å². The van der Waals surface area contributed by atoms with Crippen LogP contribution in [0.2, 0.25) is 0 Å². The summed E-state index contributed by atoms with van der Waals surface area (Å²) in [5, 5.41) is 6.04. The molecule has 0 unspecified atom stereocenters. The van der Waals surface area contributed by atoms with Crippen LogP contribution >= 0.6 is 0 Å². The van der Waals surface area contributed by atoms with E-state index in [0.29, 0.717) is 28.6 Å². The number of benzene rings is 8. The van der Waals surface area contributed by atoms with E-state index in [2.05, 4.69) is 97.1 Å². The van der Waals surface area contributed by atoms with Crippen LogP contribution in [0.3, 0.4) is 0 Å². The molecule has 0 fully saturated rings. The quantitative estimate of drug-likeness (QED) is 0.178. The molecule has 11 rings (SSSR count). The Bertz CT molecular complexity index is 3260. The third-order valence-electron chi connectivity index (χ3n) is 10.4. The highest BCUT2D eigenvalue weighted by Gasteiger charge is 2.19. The van der Waals surface area contributed by atoms with Gasteiger partial charge in [0.25, 0.3) is 0 Å². The van der Waals surface area contributed by atoms with Crippen molar-refractivity contribution in [3.05, 3.63) is 176 Å². The molecule has 0 spiro atoms. The topological polar surface area (TPSA) is 65.0 Å². The maximum absolute atomic E-state index is 14.2. The van der Waals surface area contributed by atoms with Crippen molar-refractivity contribution in [2.75, 3.05) is 0 Å². The van der Waals surface area contributed by atoms with Crippen molar-refractivity contribution in [3.63, 3.8) is 0 Å². The van der Waals surface area contributed by atoms with Gasteiger partial charge in [0.1, 0.15) is 28.1 Å². The second-order valence-corrected chi connectivity index (χ2v) is 13.7. The molecule has 0 bridgehead atoms. The third kappa shape index (κ3) is 5.18. The number of rotatable bonds is 5. The van der Waals surface area contributed by atoms with Crippen molar-refractivity contribution in [1.82, 2.24) is 15.0 Å². The Kier molecular flexibility index (Phi) is 6.97. The Hall–Kier alpha value is -7.44. The number of aromatic nitrogens is 3. The minimum Gasteiger partial charge on any atom is -0.456 e. The second kappa shape index (κ2) is 12.3. The first kappa shape index (κ1) is 31.1. The van der Waals surface area contributed by atoms with Crippen molar-refractivity contribution in [2.24, 2.45) is 0 Å². The van der Waals surface area contributed by atoms with Crippen molar-refractivity contribution < 1.29 is 13.2 Å². The molecular formula is C49H28FN3O2. The second-order valence-electron chi connectivity index (χ2n) is 13.7. The monoisotopic (exact) mass is 709 g/mol. The van der Waals surface area contributed by atoms with Crippen LogP contribution in [0, 0.1) is 5.82 Å². The number of hydrogen-bond acceptors (Lipinski definition) is 5. The third-order valence-corrected chi connectivity index (χ3v) is 10.4. The molecule has 6 heteroatoms. The molecule has 0 amide bonds. The van der Waals surface area contributed by atoms with Crippen LogP contribution < -0.4 is 0 Å². The Balaban J connectivity index is 1.03. The zero-order valence-corrected chi connectivity index (χ0v) is 29.2. The van der Waals surface area contributed by atoms with Crippen molar-refractivity contribution in [1.29, 1.82) is 0 Å². The molecule has 5 nitrogen and oxygen atoms in total. The zero-order chi connectivity index (χ0) is 36.5. The van der Waals surface area contributed by atoms with Gasteiger partial charge in [0, 0.05) is 49.7 Å². The van der Waals surface area contributed by atoms with E-state index >= 15 is 0 Å². The summed E-state index contributed by atoms with van der Waals surface area (Å²) in [7, 11) is 0. The first-order valence-electron chi connectivity index (χ1n) is 18.1. The van der Waals surface area contributed by atoms with Gasteiger partial charge in [-0.3, -0.25) is 0 Å². The fraction of sp³-hybridized carbons (Fsp3) is 0. The number of nitrogens with zero attached hydrogens (tertiary/aromatic N) is 3. The van der Waals surface area contributed by atoms with Gasteiger partial charge >= 0.3 is 0 Å². The fourth-order valence-corrected chi connectivity index (χ4v) is 7.77. The van der Waals surface area contributed by atoms with Crippen LogP contribution in [0.5, 0.6) is 0 Å². The number of fused-ring (bicyclic) bond motifs is 8. The average Bonchev–Trinajstić information content (AvgIpc) is 3.81. The van der Waals surface area contributed by atoms with Crippen LogP contribution in [0.15, 0.2) is 179 Å². The first-order chi connectivity index (χ1) is 27.1. The SMILES string of the molecule is Fc1ccc2c(c1)oc1cccc(-c3nc(-c4ccccc4)nc(-c4ccc(-c5ccc6oc7c8ccccc8c(-c8ccccc8)cc7c6c5)cc4)n3)c12. The molecule has 0 saturated heterocycles. The molecule has 0 aliphatic rings. The lowest BCUT2D eigenvalue weighted by Crippen LogP contribution is -2.00. The van der Waals surface area contributed by atoms with Crippen molar-refractivity contribution in [3.8, 4) is 56.4 Å². The Morgan fingerprint density at radius 2 is 1.00 bits per heavy atom. The van der Waals surface area contributed by atoms with Crippen LogP contribution in [-0.4, -0.2) is 15.0 Å². The van der Waals surface area contributed by atoms with Crippen LogP contribution in [0.4, 0.5) is 4.39 Å². The highest BCUT2D eigenvalue weighted by atomic mass is 19.1. The summed E-state index contributed by atoms with van der Waals surface area (Å²) in [5.41, 5.74) is 9.85. The number of hydrogen-bond donors (Lipinski definition) is 0. The lowest BCUT2D eigenvalue weighted by molar-refractivity contribution is 0.618. The van der Waals surface area contributed by atoms with Crippen LogP contribution in [0.25, 0.3) is 111 Å². The molecule has 3 aromatic heterocycles. The van der Waals surface area contributed by atoms with Gasteiger partial charge in [0.15, 0.2) is 17.5 Å². The molecule has 3 heterocycles. The Morgan fingerprint density at radius 1 is 0.345 bits per heavy atom. The average molecular weight is 710 g/mol. The van der Waals surface area contributed by atoms with Crippen molar-refractivity contribution in [2.45, 2.75) is 0 Å². The fourth-order valence-electron chi connectivity index (χ4n) is 7.77. The highest BCUT2D eigenvalue weighted by molar-refractivity contribution is 6.19. The molecule has 0 aliphatic carbocycles. The molecule has 0 atom stereocenters. The molecule has 8 aromatic carbocycles. The lowest BCUT2D eigenvalue weighted by Gasteiger charge is -2.10. The first-order valence-corrected chi connectivity index (χ1v) is 18.1. The maximum Gasteiger partial charge on any atom is 0.164 e. The van der Waals surface area contributed by atoms with Gasteiger partial charge in [0.2, 0.25) is 0 Å². The van der Waals surface area contributed by atoms with E-state index in [-0.39, 0.29) is 5.82 Å². The van der Waals surface area contributed by atoms with Crippen LogP contribution in [0.1, 0.15) is 0 Å². The summed E-state index contributed by atoms with van der Waals surface area (Å²) in [6.07, 6.45) is 0. The van der Waals surface area contributed by atoms with Gasteiger partial charge in [0.05, 0.1) is 0 Å². The van der Waals surface area contributed by atoms with E-state index < -0.39 is 0 Å². The van der Waals surface area contributed by atoms with E-state index in [1.54, 1.807) is 6.07 Å². The summed E-state index contributed by atoms with van der Waals surface area (Å²) in [5.74, 6) is 1.25. The summed E-state index contributed by atoms with van der Waals surface area (Å²) in [6, 6.07) is 56.2. The molecule has 11 aromatic rings. The number of halogens is 1. The maximum atomic E-state index is 14.2.